The molecule has 3 N–H and O–H groups in total. The Morgan fingerprint density at radius 1 is 1.50 bits per heavy atom. The first-order valence-electron chi connectivity index (χ1n) is 5.37. The number of rotatable bonds is 4. The van der Waals surface area contributed by atoms with Crippen molar-refractivity contribution in [3.05, 3.63) is 34.6 Å². The first-order valence-corrected chi connectivity index (χ1v) is 7.61. The van der Waals surface area contributed by atoms with Crippen LogP contribution in [0.3, 0.4) is 0 Å². The van der Waals surface area contributed by atoms with Gasteiger partial charge in [0.15, 0.2) is 0 Å². The van der Waals surface area contributed by atoms with Crippen molar-refractivity contribution >= 4 is 31.6 Å². The van der Waals surface area contributed by atoms with Crippen LogP contribution in [0.25, 0.3) is 0 Å². The van der Waals surface area contributed by atoms with E-state index >= 15 is 0 Å². The molecule has 1 heterocycles. The third-order valence-electron chi connectivity index (χ3n) is 2.58. The quantitative estimate of drug-likeness (QED) is 0.791. The maximum Gasteiger partial charge on any atom is 0.244 e. The molecule has 0 radical (unpaired) electrons. The van der Waals surface area contributed by atoms with E-state index in [0.29, 0.717) is 5.82 Å². The molecule has 0 saturated carbocycles. The number of sulfonamides is 1. The summed E-state index contributed by atoms with van der Waals surface area (Å²) in [5.41, 5.74) is 5.18. The van der Waals surface area contributed by atoms with Crippen molar-refractivity contribution in [3.8, 4) is 0 Å². The highest BCUT2D eigenvalue weighted by Crippen LogP contribution is 2.29. The SMILES string of the molecule is CN(Cc1ncn[nH]1)S(=O)(=O)c1cc(N)c(F)cc1Br. The number of H-pyrrole nitrogens is 1. The van der Waals surface area contributed by atoms with E-state index in [-0.39, 0.29) is 21.6 Å². The number of halogens is 2. The summed E-state index contributed by atoms with van der Waals surface area (Å²) in [4.78, 5) is 3.74. The van der Waals surface area contributed by atoms with E-state index in [2.05, 4.69) is 31.1 Å². The summed E-state index contributed by atoms with van der Waals surface area (Å²) in [6, 6.07) is 2.09. The van der Waals surface area contributed by atoms with Gasteiger partial charge in [-0.1, -0.05) is 0 Å². The van der Waals surface area contributed by atoms with Crippen LogP contribution in [0.5, 0.6) is 0 Å². The Morgan fingerprint density at radius 2 is 2.20 bits per heavy atom. The highest BCUT2D eigenvalue weighted by atomic mass is 79.9. The number of benzene rings is 1. The zero-order valence-corrected chi connectivity index (χ0v) is 12.7. The normalized spacial score (nSPS) is 12.0. The van der Waals surface area contributed by atoms with E-state index in [4.69, 9.17) is 5.73 Å². The fraction of sp³-hybridized carbons (Fsp3) is 0.200. The van der Waals surface area contributed by atoms with Gasteiger partial charge in [0.05, 0.1) is 17.1 Å². The lowest BCUT2D eigenvalue weighted by Gasteiger charge is -2.17. The van der Waals surface area contributed by atoms with Gasteiger partial charge in [0.2, 0.25) is 10.0 Å². The first-order chi connectivity index (χ1) is 9.32. The smallest absolute Gasteiger partial charge is 0.244 e. The zero-order valence-electron chi connectivity index (χ0n) is 10.3. The molecular weight excluding hydrogens is 353 g/mol. The molecule has 1 aromatic heterocycles. The van der Waals surface area contributed by atoms with Crippen LogP contribution in [-0.2, 0) is 16.6 Å². The Kier molecular flexibility index (Phi) is 4.06. The standard InChI is InChI=1S/C10H11BrFN5O2S/c1-17(4-10-14-5-15-16-10)20(18,19)9-3-8(13)7(12)2-6(9)11/h2-3,5H,4,13H2,1H3,(H,14,15,16). The van der Waals surface area contributed by atoms with Gasteiger partial charge in [-0.2, -0.15) is 9.40 Å². The van der Waals surface area contributed by atoms with Crippen molar-refractivity contribution in [1.29, 1.82) is 0 Å². The van der Waals surface area contributed by atoms with Crippen LogP contribution in [0, 0.1) is 5.82 Å². The van der Waals surface area contributed by atoms with Crippen LogP contribution in [0.2, 0.25) is 0 Å². The molecule has 1 aromatic carbocycles. The lowest BCUT2D eigenvalue weighted by Crippen LogP contribution is -2.27. The van der Waals surface area contributed by atoms with E-state index in [9.17, 15) is 12.8 Å². The number of hydrogen-bond acceptors (Lipinski definition) is 5. The molecule has 0 aliphatic carbocycles. The zero-order chi connectivity index (χ0) is 14.9. The minimum Gasteiger partial charge on any atom is -0.396 e. The molecule has 0 saturated heterocycles. The minimum atomic E-state index is -3.83. The average Bonchev–Trinajstić information content (AvgIpc) is 2.86. The van der Waals surface area contributed by atoms with Gasteiger partial charge in [-0.05, 0) is 28.1 Å². The van der Waals surface area contributed by atoms with Crippen LogP contribution in [0.4, 0.5) is 10.1 Å². The number of aromatic amines is 1. The summed E-state index contributed by atoms with van der Waals surface area (Å²) in [5, 5.41) is 6.20. The number of nitrogens with zero attached hydrogens (tertiary/aromatic N) is 3. The van der Waals surface area contributed by atoms with Crippen LogP contribution in [0.1, 0.15) is 5.82 Å². The van der Waals surface area contributed by atoms with Gasteiger partial charge in [-0.15, -0.1) is 0 Å². The summed E-state index contributed by atoms with van der Waals surface area (Å²) in [6.45, 7) is 0.00601. The largest absolute Gasteiger partial charge is 0.396 e. The van der Waals surface area contributed by atoms with Crippen molar-refractivity contribution in [2.45, 2.75) is 11.4 Å². The van der Waals surface area contributed by atoms with Crippen molar-refractivity contribution in [3.63, 3.8) is 0 Å². The maximum atomic E-state index is 13.3. The molecule has 0 bridgehead atoms. The fourth-order valence-corrected chi connectivity index (χ4v) is 3.65. The van der Waals surface area contributed by atoms with E-state index < -0.39 is 15.8 Å². The molecule has 7 nitrogen and oxygen atoms in total. The van der Waals surface area contributed by atoms with Crippen molar-refractivity contribution < 1.29 is 12.8 Å². The third kappa shape index (κ3) is 2.81. The summed E-state index contributed by atoms with van der Waals surface area (Å²) in [7, 11) is -2.45. The second-order valence-corrected chi connectivity index (χ2v) is 6.87. The molecular formula is C10H11BrFN5O2S. The Labute approximate surface area is 123 Å². The molecule has 20 heavy (non-hydrogen) atoms. The molecule has 2 aromatic rings. The molecule has 0 spiro atoms. The molecule has 2 rings (SSSR count). The first kappa shape index (κ1) is 14.9. The van der Waals surface area contributed by atoms with Gasteiger partial charge in [-0.25, -0.2) is 17.8 Å². The minimum absolute atomic E-state index is 0.00601. The van der Waals surface area contributed by atoms with Gasteiger partial charge in [0.1, 0.15) is 18.0 Å². The van der Waals surface area contributed by atoms with E-state index in [0.717, 1.165) is 16.4 Å². The Balaban J connectivity index is 2.37. The van der Waals surface area contributed by atoms with Gasteiger partial charge in [0, 0.05) is 11.5 Å². The Morgan fingerprint density at radius 3 is 2.80 bits per heavy atom. The van der Waals surface area contributed by atoms with Crippen molar-refractivity contribution in [2.24, 2.45) is 0 Å². The van der Waals surface area contributed by atoms with Crippen LogP contribution in [0.15, 0.2) is 27.8 Å². The molecule has 0 fully saturated rings. The second-order valence-electron chi connectivity index (χ2n) is 4.00. The molecule has 10 heteroatoms. The predicted molar refractivity (Wildman–Crippen MR) is 73.5 cm³/mol. The number of aromatic nitrogens is 3. The van der Waals surface area contributed by atoms with Crippen molar-refractivity contribution in [2.75, 3.05) is 12.8 Å². The fourth-order valence-electron chi connectivity index (χ4n) is 1.51. The highest BCUT2D eigenvalue weighted by molar-refractivity contribution is 9.10. The maximum absolute atomic E-state index is 13.3. The number of nitrogens with one attached hydrogen (secondary N) is 1. The topological polar surface area (TPSA) is 105 Å². The van der Waals surface area contributed by atoms with Crippen LogP contribution < -0.4 is 5.73 Å². The molecule has 0 aliphatic heterocycles. The van der Waals surface area contributed by atoms with Gasteiger partial charge >= 0.3 is 0 Å². The number of hydrogen-bond donors (Lipinski definition) is 2. The van der Waals surface area contributed by atoms with E-state index in [1.54, 1.807) is 0 Å². The predicted octanol–water partition coefficient (Wildman–Crippen LogP) is 1.11. The monoisotopic (exact) mass is 363 g/mol. The second kappa shape index (κ2) is 5.46. The van der Waals surface area contributed by atoms with Crippen molar-refractivity contribution in [1.82, 2.24) is 19.5 Å². The van der Waals surface area contributed by atoms with E-state index in [1.165, 1.54) is 13.4 Å². The number of anilines is 1. The van der Waals surface area contributed by atoms with Gasteiger partial charge in [0.25, 0.3) is 0 Å². The lowest BCUT2D eigenvalue weighted by atomic mass is 10.3. The summed E-state index contributed by atoms with van der Waals surface area (Å²) in [6.07, 6.45) is 1.28. The van der Waals surface area contributed by atoms with Gasteiger partial charge < -0.3 is 5.73 Å². The summed E-state index contributed by atoms with van der Waals surface area (Å²) in [5.74, 6) is -0.295. The third-order valence-corrected chi connectivity index (χ3v) is 5.34. The summed E-state index contributed by atoms with van der Waals surface area (Å²) >= 11 is 3.03. The van der Waals surface area contributed by atoms with Crippen LogP contribution >= 0.6 is 15.9 Å². The summed E-state index contributed by atoms with van der Waals surface area (Å²) < 4.78 is 39.2. The average molecular weight is 364 g/mol. The lowest BCUT2D eigenvalue weighted by molar-refractivity contribution is 0.456. The molecule has 0 amide bonds. The molecule has 0 unspecified atom stereocenters. The number of nitrogens with two attached hydrogens (primary N) is 1. The van der Waals surface area contributed by atoms with E-state index in [1.807, 2.05) is 0 Å². The van der Waals surface area contributed by atoms with Crippen LogP contribution in [-0.4, -0.2) is 35.0 Å². The Hall–Kier alpha value is -1.52. The molecule has 0 aliphatic rings. The Bertz CT molecular complexity index is 719. The highest BCUT2D eigenvalue weighted by Gasteiger charge is 2.25. The molecule has 108 valence electrons. The molecule has 0 atom stereocenters. The number of nitrogen functional groups attached to an aromatic ring is 1. The van der Waals surface area contributed by atoms with Gasteiger partial charge in [-0.3, -0.25) is 5.10 Å².